The van der Waals surface area contributed by atoms with Gasteiger partial charge >= 0.3 is 6.09 Å². The Balaban J connectivity index is 2.06. The Morgan fingerprint density at radius 2 is 1.77 bits per heavy atom. The summed E-state index contributed by atoms with van der Waals surface area (Å²) in [7, 11) is 0. The highest BCUT2D eigenvalue weighted by Crippen LogP contribution is 2.19. The predicted molar refractivity (Wildman–Crippen MR) is 92.2 cm³/mol. The van der Waals surface area contributed by atoms with Crippen LogP contribution in [0.1, 0.15) is 72.6 Å². The maximum Gasteiger partial charge on any atom is 0.410 e. The molecule has 1 aliphatic rings. The highest BCUT2D eigenvalue weighted by molar-refractivity contribution is 5.68. The molecule has 0 saturated carbocycles. The van der Waals surface area contributed by atoms with Gasteiger partial charge in [-0.05, 0) is 59.0 Å². The van der Waals surface area contributed by atoms with E-state index in [0.717, 1.165) is 39.0 Å². The third kappa shape index (κ3) is 8.62. The molecule has 0 aliphatic carbocycles. The minimum Gasteiger partial charge on any atom is -0.444 e. The van der Waals surface area contributed by atoms with Gasteiger partial charge < -0.3 is 15.0 Å². The van der Waals surface area contributed by atoms with Crippen LogP contribution in [0.3, 0.4) is 0 Å². The Bertz CT molecular complexity index is 305. The maximum absolute atomic E-state index is 12.0. The highest BCUT2D eigenvalue weighted by atomic mass is 16.6. The van der Waals surface area contributed by atoms with Crippen LogP contribution in [0, 0.1) is 5.92 Å². The molecule has 130 valence electrons. The van der Waals surface area contributed by atoms with Crippen molar-refractivity contribution in [1.29, 1.82) is 0 Å². The van der Waals surface area contributed by atoms with E-state index in [1.807, 2.05) is 25.7 Å². The van der Waals surface area contributed by atoms with Gasteiger partial charge in [0.15, 0.2) is 0 Å². The summed E-state index contributed by atoms with van der Waals surface area (Å²) in [5, 5.41) is 3.58. The standard InChI is InChI=1S/C18H36N2O2/c1-5-6-7-8-9-12-19-15-16-10-13-20(14-11-16)17(21)22-18(2,3)4/h16,19H,5-15H2,1-4H3. The minimum absolute atomic E-state index is 0.158. The molecular weight excluding hydrogens is 276 g/mol. The van der Waals surface area contributed by atoms with Crippen LogP contribution >= 0.6 is 0 Å². The Morgan fingerprint density at radius 1 is 1.14 bits per heavy atom. The second-order valence-corrected chi connectivity index (χ2v) is 7.53. The highest BCUT2D eigenvalue weighted by Gasteiger charge is 2.26. The van der Waals surface area contributed by atoms with Crippen LogP contribution in [-0.4, -0.2) is 42.8 Å². The first kappa shape index (κ1) is 19.3. The van der Waals surface area contributed by atoms with Gasteiger partial charge in [0.1, 0.15) is 5.60 Å². The van der Waals surface area contributed by atoms with E-state index >= 15 is 0 Å². The van der Waals surface area contributed by atoms with Crippen LogP contribution in [0.4, 0.5) is 4.79 Å². The maximum atomic E-state index is 12.0. The molecule has 0 atom stereocenters. The van der Waals surface area contributed by atoms with E-state index < -0.39 is 5.60 Å². The van der Waals surface area contributed by atoms with Crippen LogP contribution < -0.4 is 5.32 Å². The summed E-state index contributed by atoms with van der Waals surface area (Å²) in [6, 6.07) is 0. The first-order valence-electron chi connectivity index (χ1n) is 9.11. The molecule has 0 aromatic rings. The number of likely N-dealkylation sites (tertiary alicyclic amines) is 1. The molecule has 0 aromatic heterocycles. The number of hydrogen-bond donors (Lipinski definition) is 1. The van der Waals surface area contributed by atoms with E-state index in [1.165, 1.54) is 32.1 Å². The Labute approximate surface area is 137 Å². The van der Waals surface area contributed by atoms with Crippen molar-refractivity contribution in [2.45, 2.75) is 78.2 Å². The van der Waals surface area contributed by atoms with Crippen LogP contribution in [0.2, 0.25) is 0 Å². The molecule has 0 bridgehead atoms. The zero-order valence-corrected chi connectivity index (χ0v) is 15.1. The number of carbonyl (C=O) groups excluding carboxylic acids is 1. The number of ether oxygens (including phenoxy) is 1. The van der Waals surface area contributed by atoms with Gasteiger partial charge in [-0.25, -0.2) is 4.79 Å². The third-order valence-electron chi connectivity index (χ3n) is 4.16. The average Bonchev–Trinajstić information content (AvgIpc) is 2.45. The fraction of sp³-hybridized carbons (Fsp3) is 0.944. The smallest absolute Gasteiger partial charge is 0.410 e. The summed E-state index contributed by atoms with van der Waals surface area (Å²) in [6.07, 6.45) is 8.69. The molecule has 0 radical (unpaired) electrons. The number of nitrogens with one attached hydrogen (secondary N) is 1. The lowest BCUT2D eigenvalue weighted by Gasteiger charge is -2.33. The molecule has 1 saturated heterocycles. The molecule has 1 heterocycles. The van der Waals surface area contributed by atoms with Crippen LogP contribution in [0.5, 0.6) is 0 Å². The second-order valence-electron chi connectivity index (χ2n) is 7.53. The van der Waals surface area contributed by atoms with Crippen molar-refractivity contribution in [3.05, 3.63) is 0 Å². The SMILES string of the molecule is CCCCCCCNCC1CCN(C(=O)OC(C)(C)C)CC1. The van der Waals surface area contributed by atoms with Gasteiger partial charge in [0.25, 0.3) is 0 Å². The quantitative estimate of drug-likeness (QED) is 0.683. The van der Waals surface area contributed by atoms with E-state index in [4.69, 9.17) is 4.74 Å². The Hall–Kier alpha value is -0.770. The lowest BCUT2D eigenvalue weighted by molar-refractivity contribution is 0.0184. The van der Waals surface area contributed by atoms with Crippen LogP contribution in [0.25, 0.3) is 0 Å². The molecule has 1 N–H and O–H groups in total. The van der Waals surface area contributed by atoms with Crippen molar-refractivity contribution in [2.24, 2.45) is 5.92 Å². The van der Waals surface area contributed by atoms with Crippen LogP contribution in [-0.2, 0) is 4.74 Å². The van der Waals surface area contributed by atoms with Crippen molar-refractivity contribution in [1.82, 2.24) is 10.2 Å². The van der Waals surface area contributed by atoms with Crippen molar-refractivity contribution in [3.63, 3.8) is 0 Å². The average molecular weight is 312 g/mol. The first-order chi connectivity index (χ1) is 10.4. The number of nitrogens with zero attached hydrogens (tertiary/aromatic N) is 1. The molecule has 4 nitrogen and oxygen atoms in total. The lowest BCUT2D eigenvalue weighted by atomic mass is 9.97. The number of hydrogen-bond acceptors (Lipinski definition) is 3. The Morgan fingerprint density at radius 3 is 2.36 bits per heavy atom. The van der Waals surface area contributed by atoms with E-state index in [1.54, 1.807) is 0 Å². The minimum atomic E-state index is -0.396. The van der Waals surface area contributed by atoms with Crippen molar-refractivity contribution in [3.8, 4) is 0 Å². The summed E-state index contributed by atoms with van der Waals surface area (Å²) in [5.41, 5.74) is -0.396. The molecule has 0 spiro atoms. The molecule has 22 heavy (non-hydrogen) atoms. The number of piperidine rings is 1. The Kier molecular flexibility index (Phi) is 8.84. The largest absolute Gasteiger partial charge is 0.444 e. The fourth-order valence-corrected chi connectivity index (χ4v) is 2.81. The van der Waals surface area contributed by atoms with E-state index in [0.29, 0.717) is 5.92 Å². The monoisotopic (exact) mass is 312 g/mol. The van der Waals surface area contributed by atoms with Gasteiger partial charge in [-0.15, -0.1) is 0 Å². The van der Waals surface area contributed by atoms with Crippen molar-refractivity contribution >= 4 is 6.09 Å². The normalized spacial score (nSPS) is 16.8. The lowest BCUT2D eigenvalue weighted by Crippen LogP contribution is -2.43. The van der Waals surface area contributed by atoms with Crippen molar-refractivity contribution in [2.75, 3.05) is 26.2 Å². The van der Waals surface area contributed by atoms with Gasteiger partial charge in [-0.2, -0.15) is 0 Å². The summed E-state index contributed by atoms with van der Waals surface area (Å²) < 4.78 is 5.43. The molecule has 0 aromatic carbocycles. The molecule has 1 fully saturated rings. The van der Waals surface area contributed by atoms with Gasteiger partial charge in [0, 0.05) is 13.1 Å². The first-order valence-corrected chi connectivity index (χ1v) is 9.11. The van der Waals surface area contributed by atoms with Gasteiger partial charge in [-0.3, -0.25) is 0 Å². The van der Waals surface area contributed by atoms with Gasteiger partial charge in [-0.1, -0.05) is 32.6 Å². The summed E-state index contributed by atoms with van der Waals surface area (Å²) >= 11 is 0. The second kappa shape index (κ2) is 10.1. The van der Waals surface area contributed by atoms with E-state index in [-0.39, 0.29) is 6.09 Å². The number of carbonyl (C=O) groups is 1. The topological polar surface area (TPSA) is 41.6 Å². The zero-order chi connectivity index (χ0) is 16.4. The zero-order valence-electron chi connectivity index (χ0n) is 15.1. The molecule has 1 rings (SSSR count). The van der Waals surface area contributed by atoms with Crippen molar-refractivity contribution < 1.29 is 9.53 Å². The number of unbranched alkanes of at least 4 members (excludes halogenated alkanes) is 4. The van der Waals surface area contributed by atoms with Gasteiger partial charge in [0.2, 0.25) is 0 Å². The summed E-state index contributed by atoms with van der Waals surface area (Å²) in [6.45, 7) is 11.9. The third-order valence-corrected chi connectivity index (χ3v) is 4.16. The molecule has 1 aliphatic heterocycles. The van der Waals surface area contributed by atoms with Crippen LogP contribution in [0.15, 0.2) is 0 Å². The predicted octanol–water partition coefficient (Wildman–Crippen LogP) is 4.19. The molecule has 0 unspecified atom stereocenters. The molecular formula is C18H36N2O2. The molecule has 4 heteroatoms. The van der Waals surface area contributed by atoms with E-state index in [9.17, 15) is 4.79 Å². The molecule has 1 amide bonds. The summed E-state index contributed by atoms with van der Waals surface area (Å²) in [4.78, 5) is 13.8. The number of rotatable bonds is 8. The van der Waals surface area contributed by atoms with Gasteiger partial charge in [0.05, 0.1) is 0 Å². The summed E-state index contributed by atoms with van der Waals surface area (Å²) in [5.74, 6) is 0.703. The van der Waals surface area contributed by atoms with E-state index in [2.05, 4.69) is 12.2 Å². The number of amides is 1. The fourth-order valence-electron chi connectivity index (χ4n) is 2.81.